The summed E-state index contributed by atoms with van der Waals surface area (Å²) in [5.74, 6) is -1.21. The van der Waals surface area contributed by atoms with Crippen molar-refractivity contribution in [1.29, 1.82) is 0 Å². The third-order valence-corrected chi connectivity index (χ3v) is 6.49. The zero-order valence-electron chi connectivity index (χ0n) is 23.2. The highest BCUT2D eigenvalue weighted by atomic mass is 19.1. The van der Waals surface area contributed by atoms with Gasteiger partial charge in [0.05, 0.1) is 17.0 Å². The molecule has 1 fully saturated rings. The molecule has 1 amide bonds. The Morgan fingerprint density at radius 3 is 2.53 bits per heavy atom. The molecule has 1 aromatic heterocycles. The van der Waals surface area contributed by atoms with Crippen LogP contribution in [0.1, 0.15) is 45.9 Å². The van der Waals surface area contributed by atoms with Crippen LogP contribution in [0, 0.1) is 11.7 Å². The van der Waals surface area contributed by atoms with E-state index in [0.717, 1.165) is 12.1 Å². The lowest BCUT2D eigenvalue weighted by Gasteiger charge is -2.39. The Labute approximate surface area is 224 Å². The number of hydrogen-bond donors (Lipinski definition) is 1. The fraction of sp³-hybridized carbons (Fsp3) is 0.379. The van der Waals surface area contributed by atoms with Gasteiger partial charge in [-0.2, -0.15) is 0 Å². The second-order valence-corrected chi connectivity index (χ2v) is 9.43. The average Bonchev–Trinajstić information content (AvgIpc) is 2.87. The van der Waals surface area contributed by atoms with Gasteiger partial charge in [0.2, 0.25) is 6.41 Å². The first-order valence-electron chi connectivity index (χ1n) is 12.5. The lowest BCUT2D eigenvalue weighted by Crippen LogP contribution is -2.52. The normalized spacial score (nSPS) is 18.3. The zero-order chi connectivity index (χ0) is 28.6. The summed E-state index contributed by atoms with van der Waals surface area (Å²) in [6, 6.07) is 1.40. The summed E-state index contributed by atoms with van der Waals surface area (Å²) in [7, 11) is 2.04. The van der Waals surface area contributed by atoms with Crippen molar-refractivity contribution in [3.05, 3.63) is 77.3 Å². The van der Waals surface area contributed by atoms with Crippen LogP contribution in [0.2, 0.25) is 0 Å². The number of piperazine rings is 1. The van der Waals surface area contributed by atoms with Crippen LogP contribution < -0.4 is 5.32 Å². The number of aliphatic imine (C=N–C) groups is 2. The van der Waals surface area contributed by atoms with Crippen LogP contribution in [0.15, 0.2) is 70.2 Å². The summed E-state index contributed by atoms with van der Waals surface area (Å²) in [6.45, 7) is 22.4. The number of amides is 1. The minimum Gasteiger partial charge on any atom is -0.353 e. The van der Waals surface area contributed by atoms with Crippen molar-refractivity contribution in [2.24, 2.45) is 15.9 Å². The van der Waals surface area contributed by atoms with Gasteiger partial charge in [0.1, 0.15) is 29.0 Å². The van der Waals surface area contributed by atoms with Gasteiger partial charge in [-0.05, 0) is 52.1 Å². The number of halogens is 2. The molecule has 1 aromatic rings. The molecule has 1 atom stereocenters. The van der Waals surface area contributed by atoms with Crippen molar-refractivity contribution in [1.82, 2.24) is 14.8 Å². The molecule has 38 heavy (non-hydrogen) atoms. The fourth-order valence-electron chi connectivity index (χ4n) is 4.09. The summed E-state index contributed by atoms with van der Waals surface area (Å²) in [6.07, 6.45) is 4.95. The zero-order valence-corrected chi connectivity index (χ0v) is 23.2. The highest BCUT2D eigenvalue weighted by molar-refractivity contribution is 6.05. The molecule has 0 aromatic carbocycles. The van der Waals surface area contributed by atoms with Crippen LogP contribution in [0.25, 0.3) is 5.57 Å². The summed E-state index contributed by atoms with van der Waals surface area (Å²) in [5, 5.41) is 2.55. The number of nitrogens with one attached hydrogen (secondary N) is 1. The monoisotopic (exact) mass is 524 g/mol. The maximum absolute atomic E-state index is 15.6. The number of carbonyl (C=O) groups is 1. The first-order valence-corrected chi connectivity index (χ1v) is 12.5. The van der Waals surface area contributed by atoms with Crippen LogP contribution in [-0.2, 0) is 4.79 Å². The Morgan fingerprint density at radius 2 is 2.03 bits per heavy atom. The van der Waals surface area contributed by atoms with Crippen molar-refractivity contribution >= 4 is 30.4 Å². The van der Waals surface area contributed by atoms with Crippen LogP contribution in [0.4, 0.5) is 14.6 Å². The molecule has 0 spiro atoms. The van der Waals surface area contributed by atoms with E-state index < -0.39 is 11.6 Å². The van der Waals surface area contributed by atoms with E-state index >= 15 is 4.39 Å². The van der Waals surface area contributed by atoms with Crippen LogP contribution in [-0.4, -0.2) is 66.5 Å². The summed E-state index contributed by atoms with van der Waals surface area (Å²) in [5.41, 5.74) is 1.93. The molecule has 9 heteroatoms. The first-order chi connectivity index (χ1) is 18.0. The molecule has 1 aliphatic heterocycles. The predicted octanol–water partition coefficient (Wildman–Crippen LogP) is 5.76. The maximum Gasteiger partial charge on any atom is 0.212 e. The second-order valence-electron chi connectivity index (χ2n) is 9.43. The second kappa shape index (κ2) is 13.7. The van der Waals surface area contributed by atoms with Gasteiger partial charge in [-0.15, -0.1) is 0 Å². The Morgan fingerprint density at radius 1 is 1.34 bits per heavy atom. The molecule has 2 rings (SSSR count). The average molecular weight is 525 g/mol. The van der Waals surface area contributed by atoms with E-state index in [0.29, 0.717) is 36.7 Å². The van der Waals surface area contributed by atoms with Crippen LogP contribution >= 0.6 is 0 Å². The van der Waals surface area contributed by atoms with Gasteiger partial charge >= 0.3 is 0 Å². The topological polar surface area (TPSA) is 73.2 Å². The van der Waals surface area contributed by atoms with Crippen molar-refractivity contribution in [3.8, 4) is 0 Å². The minimum absolute atomic E-state index is 0.0146. The number of anilines is 1. The van der Waals surface area contributed by atoms with E-state index in [2.05, 4.69) is 47.0 Å². The lowest BCUT2D eigenvalue weighted by atomic mass is 10.0. The number of hydrogen-bond acceptors (Lipinski definition) is 5. The van der Waals surface area contributed by atoms with Gasteiger partial charge in [-0.3, -0.25) is 9.79 Å². The van der Waals surface area contributed by atoms with E-state index in [1.165, 1.54) is 18.2 Å². The van der Waals surface area contributed by atoms with E-state index in [-0.39, 0.29) is 34.6 Å². The molecular weight excluding hydrogens is 486 g/mol. The van der Waals surface area contributed by atoms with E-state index in [9.17, 15) is 9.18 Å². The number of nitrogens with zero attached hydrogens (tertiary/aromatic N) is 5. The number of pyridine rings is 1. The molecule has 7 nitrogen and oxygen atoms in total. The largest absolute Gasteiger partial charge is 0.353 e. The van der Waals surface area contributed by atoms with Gasteiger partial charge in [-0.25, -0.2) is 18.8 Å². The highest BCUT2D eigenvalue weighted by Gasteiger charge is 2.28. The van der Waals surface area contributed by atoms with Crippen molar-refractivity contribution in [2.75, 3.05) is 32.0 Å². The standard InChI is InChI=1S/C29H38F2N6O/c1-10-12-22(21(7)30)27-24(31)15-23(28(34-27)33-17-38)29(37-14-13-36(9)20(6)16-37)35-26(19(5)11-2)25(32-8)18(3)4/h10-12,15,17-18,20H,1,7-8,13-14,16H2,2-6,9H3,(H,33,34,38)/b19-11-,22-12+,26-25+,35-29?/t20-/m0/s1. The smallest absolute Gasteiger partial charge is 0.212 e. The molecular formula is C29H38F2N6O. The molecule has 0 saturated carbocycles. The third kappa shape index (κ3) is 6.98. The van der Waals surface area contributed by atoms with Gasteiger partial charge < -0.3 is 15.1 Å². The predicted molar refractivity (Wildman–Crippen MR) is 153 cm³/mol. The fourth-order valence-corrected chi connectivity index (χ4v) is 4.09. The lowest BCUT2D eigenvalue weighted by molar-refractivity contribution is -0.105. The molecule has 0 unspecified atom stereocenters. The SMILES string of the molecule is C=C/C=C(\C(=C)F)c1nc(NC=O)c(C(=NC(/C(C)=C\C)=C(/N=C)C(C)C)N2CCN(C)[C@@H](C)C2)cc1F. The van der Waals surface area contributed by atoms with Gasteiger partial charge in [-0.1, -0.05) is 45.2 Å². The van der Waals surface area contributed by atoms with Crippen molar-refractivity contribution < 1.29 is 13.6 Å². The Kier molecular flexibility index (Phi) is 11.0. The van der Waals surface area contributed by atoms with Crippen LogP contribution in [0.5, 0.6) is 0 Å². The van der Waals surface area contributed by atoms with Gasteiger partial charge in [0, 0.05) is 31.2 Å². The van der Waals surface area contributed by atoms with Gasteiger partial charge in [0.15, 0.2) is 0 Å². The summed E-state index contributed by atoms with van der Waals surface area (Å²) in [4.78, 5) is 29.5. The molecule has 2 heterocycles. The number of aromatic nitrogens is 1. The van der Waals surface area contributed by atoms with Crippen LogP contribution in [0.3, 0.4) is 0 Å². The third-order valence-electron chi connectivity index (χ3n) is 6.49. The number of carbonyl (C=O) groups excluding carboxylic acids is 1. The first kappa shape index (κ1) is 30.5. The Hall–Kier alpha value is -3.72. The number of likely N-dealkylation sites (N-methyl/N-ethyl adjacent to an activating group) is 1. The highest BCUT2D eigenvalue weighted by Crippen LogP contribution is 2.30. The molecule has 204 valence electrons. The molecule has 0 aliphatic carbocycles. The molecule has 1 aliphatic rings. The molecule has 1 N–H and O–H groups in total. The molecule has 0 bridgehead atoms. The van der Waals surface area contributed by atoms with Crippen molar-refractivity contribution in [3.63, 3.8) is 0 Å². The van der Waals surface area contributed by atoms with E-state index in [1.807, 2.05) is 45.7 Å². The summed E-state index contributed by atoms with van der Waals surface area (Å²) >= 11 is 0. The number of rotatable bonds is 10. The minimum atomic E-state index is -0.879. The molecule has 0 radical (unpaired) electrons. The summed E-state index contributed by atoms with van der Waals surface area (Å²) < 4.78 is 29.8. The Bertz CT molecular complexity index is 1210. The van der Waals surface area contributed by atoms with Crippen molar-refractivity contribution in [2.45, 2.75) is 40.7 Å². The Balaban J connectivity index is 2.97. The maximum atomic E-state index is 15.6. The van der Waals surface area contributed by atoms with E-state index in [4.69, 9.17) is 4.99 Å². The van der Waals surface area contributed by atoms with Gasteiger partial charge in [0.25, 0.3) is 0 Å². The molecule has 1 saturated heterocycles. The number of allylic oxidation sites excluding steroid dienone is 7. The number of amidine groups is 1. The quantitative estimate of drug-likeness (QED) is 0.183. The van der Waals surface area contributed by atoms with E-state index in [1.54, 1.807) is 0 Å².